The van der Waals surface area contributed by atoms with E-state index in [1.807, 2.05) is 4.90 Å². The number of carbonyl (C=O) groups is 1. The Bertz CT molecular complexity index is 596. The van der Waals surface area contributed by atoms with Gasteiger partial charge in [0.05, 0.1) is 0 Å². The van der Waals surface area contributed by atoms with Crippen LogP contribution in [0.2, 0.25) is 0 Å². The molecule has 6 heteroatoms. The average molecular weight is 272 g/mol. The van der Waals surface area contributed by atoms with E-state index in [0.29, 0.717) is 23.8 Å². The van der Waals surface area contributed by atoms with Gasteiger partial charge in [0.1, 0.15) is 6.04 Å². The lowest BCUT2D eigenvalue weighted by molar-refractivity contribution is 0.0561. The van der Waals surface area contributed by atoms with Gasteiger partial charge in [-0.2, -0.15) is 4.98 Å². The smallest absolute Gasteiger partial charge is 0.254 e. The van der Waals surface area contributed by atoms with Crippen molar-refractivity contribution in [2.75, 3.05) is 6.54 Å². The zero-order chi connectivity index (χ0) is 13.9. The first-order valence-corrected chi connectivity index (χ1v) is 6.77. The molecule has 1 aliphatic rings. The highest BCUT2D eigenvalue weighted by Crippen LogP contribution is 2.31. The van der Waals surface area contributed by atoms with Crippen LogP contribution in [0, 0.1) is 6.92 Å². The van der Waals surface area contributed by atoms with Gasteiger partial charge >= 0.3 is 0 Å². The van der Waals surface area contributed by atoms with E-state index >= 15 is 0 Å². The molecule has 1 atom stereocenters. The Kier molecular flexibility index (Phi) is 3.45. The maximum Gasteiger partial charge on any atom is 0.254 e. The van der Waals surface area contributed by atoms with Gasteiger partial charge in [-0.15, -0.1) is 0 Å². The van der Waals surface area contributed by atoms with Crippen molar-refractivity contribution in [1.29, 1.82) is 0 Å². The molecule has 1 saturated heterocycles. The molecule has 1 fully saturated rings. The first kappa shape index (κ1) is 12.8. The molecular weight excluding hydrogens is 256 g/mol. The summed E-state index contributed by atoms with van der Waals surface area (Å²) < 4.78 is 5.25. The maximum atomic E-state index is 12.6. The van der Waals surface area contributed by atoms with E-state index < -0.39 is 0 Å². The van der Waals surface area contributed by atoms with Crippen LogP contribution in [-0.4, -0.2) is 32.5 Å². The SMILES string of the molecule is Cc1noc(C2CCCCN2C(=O)c2ccncc2)n1. The quantitative estimate of drug-likeness (QED) is 0.837. The topological polar surface area (TPSA) is 72.1 Å². The summed E-state index contributed by atoms with van der Waals surface area (Å²) in [6, 6.07) is 3.34. The van der Waals surface area contributed by atoms with E-state index in [9.17, 15) is 4.79 Å². The summed E-state index contributed by atoms with van der Waals surface area (Å²) in [4.78, 5) is 22.6. The van der Waals surface area contributed by atoms with Crippen molar-refractivity contribution in [1.82, 2.24) is 20.0 Å². The minimum Gasteiger partial charge on any atom is -0.337 e. The molecule has 0 spiro atoms. The summed E-state index contributed by atoms with van der Waals surface area (Å²) in [5.74, 6) is 1.12. The maximum absolute atomic E-state index is 12.6. The van der Waals surface area contributed by atoms with Gasteiger partial charge in [-0.25, -0.2) is 0 Å². The largest absolute Gasteiger partial charge is 0.337 e. The van der Waals surface area contributed by atoms with Crippen LogP contribution in [0.5, 0.6) is 0 Å². The number of rotatable bonds is 2. The molecule has 2 aromatic rings. The van der Waals surface area contributed by atoms with Gasteiger partial charge in [-0.3, -0.25) is 9.78 Å². The second kappa shape index (κ2) is 5.40. The fraction of sp³-hybridized carbons (Fsp3) is 0.429. The number of hydrogen-bond donors (Lipinski definition) is 0. The van der Waals surface area contributed by atoms with Crippen molar-refractivity contribution in [3.8, 4) is 0 Å². The molecule has 104 valence electrons. The van der Waals surface area contributed by atoms with Crippen LogP contribution >= 0.6 is 0 Å². The number of piperidine rings is 1. The summed E-state index contributed by atoms with van der Waals surface area (Å²) in [7, 11) is 0. The van der Waals surface area contributed by atoms with E-state index in [4.69, 9.17) is 4.52 Å². The predicted octanol–water partition coefficient (Wildman–Crippen LogP) is 2.14. The van der Waals surface area contributed by atoms with Gasteiger partial charge < -0.3 is 9.42 Å². The highest BCUT2D eigenvalue weighted by atomic mass is 16.5. The summed E-state index contributed by atoms with van der Waals surface area (Å²) in [5.41, 5.74) is 0.642. The van der Waals surface area contributed by atoms with Crippen LogP contribution in [0.3, 0.4) is 0 Å². The molecule has 0 aromatic carbocycles. The Balaban J connectivity index is 1.87. The van der Waals surface area contributed by atoms with Gasteiger partial charge in [-0.05, 0) is 38.3 Å². The van der Waals surface area contributed by atoms with Gasteiger partial charge in [0, 0.05) is 24.5 Å². The third-order valence-electron chi connectivity index (χ3n) is 3.52. The second-order valence-electron chi connectivity index (χ2n) is 4.93. The van der Waals surface area contributed by atoms with Crippen molar-refractivity contribution in [3.05, 3.63) is 41.8 Å². The Morgan fingerprint density at radius 2 is 2.15 bits per heavy atom. The Morgan fingerprint density at radius 1 is 1.35 bits per heavy atom. The molecule has 3 heterocycles. The first-order chi connectivity index (χ1) is 9.75. The molecule has 2 aromatic heterocycles. The summed E-state index contributed by atoms with van der Waals surface area (Å²) in [6.45, 7) is 2.50. The number of pyridine rings is 1. The fourth-order valence-corrected chi connectivity index (χ4v) is 2.54. The fourth-order valence-electron chi connectivity index (χ4n) is 2.54. The lowest BCUT2D eigenvalue weighted by Gasteiger charge is -2.33. The first-order valence-electron chi connectivity index (χ1n) is 6.77. The number of hydrogen-bond acceptors (Lipinski definition) is 5. The molecule has 1 amide bonds. The number of aryl methyl sites for hydroxylation is 1. The van der Waals surface area contributed by atoms with Crippen molar-refractivity contribution in [2.24, 2.45) is 0 Å². The van der Waals surface area contributed by atoms with Gasteiger partial charge in [0.15, 0.2) is 5.82 Å². The zero-order valence-electron chi connectivity index (χ0n) is 11.3. The van der Waals surface area contributed by atoms with Crippen LogP contribution in [-0.2, 0) is 0 Å². The molecule has 3 rings (SSSR count). The van der Waals surface area contributed by atoms with E-state index in [1.165, 1.54) is 0 Å². The normalized spacial score (nSPS) is 19.1. The van der Waals surface area contributed by atoms with Crippen molar-refractivity contribution < 1.29 is 9.32 Å². The summed E-state index contributed by atoms with van der Waals surface area (Å²) >= 11 is 0. The van der Waals surface area contributed by atoms with Gasteiger partial charge in [0.2, 0.25) is 5.89 Å². The summed E-state index contributed by atoms with van der Waals surface area (Å²) in [6.07, 6.45) is 6.18. The van der Waals surface area contributed by atoms with Crippen LogP contribution < -0.4 is 0 Å². The minimum atomic E-state index is -0.120. The van der Waals surface area contributed by atoms with Gasteiger partial charge in [-0.1, -0.05) is 5.16 Å². The molecule has 0 bridgehead atoms. The molecule has 1 unspecified atom stereocenters. The standard InChI is InChI=1S/C14H16N4O2/c1-10-16-13(20-17-10)12-4-2-3-9-18(12)14(19)11-5-7-15-8-6-11/h5-8,12H,2-4,9H2,1H3. The van der Waals surface area contributed by atoms with Crippen molar-refractivity contribution >= 4 is 5.91 Å². The Morgan fingerprint density at radius 3 is 2.85 bits per heavy atom. The summed E-state index contributed by atoms with van der Waals surface area (Å²) in [5, 5.41) is 3.82. The minimum absolute atomic E-state index is 0.00652. The molecule has 20 heavy (non-hydrogen) atoms. The molecule has 1 aliphatic heterocycles. The lowest BCUT2D eigenvalue weighted by atomic mass is 10.0. The molecule has 6 nitrogen and oxygen atoms in total. The van der Waals surface area contributed by atoms with Crippen LogP contribution in [0.4, 0.5) is 0 Å². The molecule has 0 saturated carbocycles. The van der Waals surface area contributed by atoms with Crippen molar-refractivity contribution in [2.45, 2.75) is 32.2 Å². The number of amides is 1. The average Bonchev–Trinajstić information content (AvgIpc) is 2.94. The highest BCUT2D eigenvalue weighted by molar-refractivity contribution is 5.94. The monoisotopic (exact) mass is 272 g/mol. The molecule has 0 aliphatic carbocycles. The van der Waals surface area contributed by atoms with E-state index in [1.54, 1.807) is 31.5 Å². The number of aromatic nitrogens is 3. The molecular formula is C14H16N4O2. The lowest BCUT2D eigenvalue weighted by Crippen LogP contribution is -2.38. The van der Waals surface area contributed by atoms with Crippen LogP contribution in [0.25, 0.3) is 0 Å². The highest BCUT2D eigenvalue weighted by Gasteiger charge is 2.32. The second-order valence-corrected chi connectivity index (χ2v) is 4.93. The van der Waals surface area contributed by atoms with E-state index in [-0.39, 0.29) is 11.9 Å². The predicted molar refractivity (Wildman–Crippen MR) is 70.9 cm³/mol. The van der Waals surface area contributed by atoms with Crippen LogP contribution in [0.15, 0.2) is 29.0 Å². The molecule has 0 radical (unpaired) electrons. The number of nitrogens with zero attached hydrogens (tertiary/aromatic N) is 4. The van der Waals surface area contributed by atoms with Crippen molar-refractivity contribution in [3.63, 3.8) is 0 Å². The Hall–Kier alpha value is -2.24. The third-order valence-corrected chi connectivity index (χ3v) is 3.52. The molecule has 0 N–H and O–H groups in total. The third kappa shape index (κ3) is 2.41. The van der Waals surface area contributed by atoms with E-state index in [0.717, 1.165) is 19.3 Å². The number of likely N-dealkylation sites (tertiary alicyclic amines) is 1. The van der Waals surface area contributed by atoms with Crippen LogP contribution in [0.1, 0.15) is 47.4 Å². The van der Waals surface area contributed by atoms with E-state index in [2.05, 4.69) is 15.1 Å². The van der Waals surface area contributed by atoms with Gasteiger partial charge in [0.25, 0.3) is 5.91 Å². The Labute approximate surface area is 116 Å². The zero-order valence-corrected chi connectivity index (χ0v) is 11.3. The number of carbonyl (C=O) groups excluding carboxylic acids is 1.